The lowest BCUT2D eigenvalue weighted by Gasteiger charge is -1.93. The molecule has 7 heteroatoms. The molecule has 0 aliphatic carbocycles. The lowest BCUT2D eigenvalue weighted by Crippen LogP contribution is -2.03. The molecule has 2 aromatic rings. The highest BCUT2D eigenvalue weighted by atomic mass is 16.5. The molecule has 2 rings (SSSR count). The van der Waals surface area contributed by atoms with Crippen molar-refractivity contribution in [2.75, 3.05) is 7.11 Å². The van der Waals surface area contributed by atoms with Crippen LogP contribution in [0.1, 0.15) is 23.2 Å². The van der Waals surface area contributed by atoms with Crippen LogP contribution in [0.5, 0.6) is 0 Å². The number of carbonyl (C=O) groups excluding carboxylic acids is 1. The van der Waals surface area contributed by atoms with Gasteiger partial charge in [0.05, 0.1) is 7.11 Å². The monoisotopic (exact) mass is 222 g/mol. The zero-order valence-electron chi connectivity index (χ0n) is 8.85. The van der Waals surface area contributed by atoms with Gasteiger partial charge in [0.2, 0.25) is 0 Å². The first kappa shape index (κ1) is 10.3. The van der Waals surface area contributed by atoms with Crippen LogP contribution in [0.3, 0.4) is 0 Å². The minimum atomic E-state index is -0.565. The quantitative estimate of drug-likeness (QED) is 0.772. The van der Waals surface area contributed by atoms with E-state index < -0.39 is 5.97 Å². The first-order valence-corrected chi connectivity index (χ1v) is 4.71. The highest BCUT2D eigenvalue weighted by Crippen LogP contribution is 2.19. The van der Waals surface area contributed by atoms with Crippen LogP contribution in [0.15, 0.2) is 10.6 Å². The molecule has 16 heavy (non-hydrogen) atoms. The number of nitrogens with one attached hydrogen (secondary N) is 1. The number of rotatable bonds is 3. The molecule has 0 radical (unpaired) electrons. The number of H-pyrrole nitrogens is 1. The van der Waals surface area contributed by atoms with Crippen molar-refractivity contribution in [3.8, 4) is 11.4 Å². The predicted molar refractivity (Wildman–Crippen MR) is 52.6 cm³/mol. The van der Waals surface area contributed by atoms with E-state index in [4.69, 9.17) is 4.52 Å². The van der Waals surface area contributed by atoms with Gasteiger partial charge in [-0.15, -0.1) is 5.10 Å². The van der Waals surface area contributed by atoms with Gasteiger partial charge in [0.25, 0.3) is 0 Å². The molecule has 0 amide bonds. The van der Waals surface area contributed by atoms with Crippen LogP contribution in [0.25, 0.3) is 11.4 Å². The van der Waals surface area contributed by atoms with Crippen molar-refractivity contribution >= 4 is 5.97 Å². The largest absolute Gasteiger partial charge is 0.464 e. The van der Waals surface area contributed by atoms with Gasteiger partial charge in [0, 0.05) is 12.5 Å². The average molecular weight is 222 g/mol. The van der Waals surface area contributed by atoms with E-state index in [9.17, 15) is 4.79 Å². The molecule has 0 saturated carbocycles. The SMILES string of the molecule is CCc1cc(-c2n[nH]nc2C(=O)OC)no1. The summed E-state index contributed by atoms with van der Waals surface area (Å²) in [6.45, 7) is 1.94. The van der Waals surface area contributed by atoms with Gasteiger partial charge in [-0.2, -0.15) is 10.3 Å². The van der Waals surface area contributed by atoms with Crippen molar-refractivity contribution in [3.05, 3.63) is 17.5 Å². The Labute approximate surface area is 90.8 Å². The van der Waals surface area contributed by atoms with Crippen molar-refractivity contribution < 1.29 is 14.1 Å². The van der Waals surface area contributed by atoms with Gasteiger partial charge in [-0.3, -0.25) is 0 Å². The Morgan fingerprint density at radius 2 is 2.38 bits per heavy atom. The number of aryl methyl sites for hydroxylation is 1. The standard InChI is InChI=1S/C9H10N4O3/c1-3-5-4-6(12-16-5)7-8(9(14)15-2)11-13-10-7/h4H,3H2,1-2H3,(H,10,11,13). The van der Waals surface area contributed by atoms with Crippen molar-refractivity contribution in [2.45, 2.75) is 13.3 Å². The fourth-order valence-electron chi connectivity index (χ4n) is 1.24. The fourth-order valence-corrected chi connectivity index (χ4v) is 1.24. The molecule has 84 valence electrons. The van der Waals surface area contributed by atoms with Crippen LogP contribution in [0.4, 0.5) is 0 Å². The van der Waals surface area contributed by atoms with Crippen molar-refractivity contribution in [1.29, 1.82) is 0 Å². The van der Waals surface area contributed by atoms with Crippen LogP contribution in [0, 0.1) is 0 Å². The Morgan fingerprint density at radius 1 is 1.56 bits per heavy atom. The Morgan fingerprint density at radius 3 is 3.00 bits per heavy atom. The number of methoxy groups -OCH3 is 1. The van der Waals surface area contributed by atoms with Crippen LogP contribution < -0.4 is 0 Å². The maximum atomic E-state index is 11.3. The lowest BCUT2D eigenvalue weighted by atomic mass is 10.2. The molecule has 2 aromatic heterocycles. The molecule has 7 nitrogen and oxygen atoms in total. The molecular weight excluding hydrogens is 212 g/mol. The third kappa shape index (κ3) is 1.67. The summed E-state index contributed by atoms with van der Waals surface area (Å²) in [6, 6.07) is 1.71. The third-order valence-corrected chi connectivity index (χ3v) is 2.08. The molecule has 0 aliphatic heterocycles. The maximum absolute atomic E-state index is 11.3. The van der Waals surface area contributed by atoms with Gasteiger partial charge in [0.1, 0.15) is 17.1 Å². The Bertz CT molecular complexity index is 502. The van der Waals surface area contributed by atoms with Crippen LogP contribution in [-0.4, -0.2) is 33.6 Å². The molecule has 0 aliphatic rings. The van der Waals surface area contributed by atoms with Crippen molar-refractivity contribution in [2.24, 2.45) is 0 Å². The van der Waals surface area contributed by atoms with Gasteiger partial charge in [-0.05, 0) is 0 Å². The summed E-state index contributed by atoms with van der Waals surface area (Å²) in [4.78, 5) is 11.3. The second-order valence-corrected chi connectivity index (χ2v) is 3.04. The third-order valence-electron chi connectivity index (χ3n) is 2.08. The topological polar surface area (TPSA) is 93.9 Å². The van der Waals surface area contributed by atoms with Crippen LogP contribution in [-0.2, 0) is 11.2 Å². The second-order valence-electron chi connectivity index (χ2n) is 3.04. The molecule has 0 atom stereocenters. The Hall–Kier alpha value is -2.18. The molecule has 0 spiro atoms. The minimum absolute atomic E-state index is 0.0958. The number of aromatic nitrogens is 4. The molecule has 0 saturated heterocycles. The summed E-state index contributed by atoms with van der Waals surface area (Å²) in [5.41, 5.74) is 0.889. The minimum Gasteiger partial charge on any atom is -0.464 e. The molecule has 2 heterocycles. The lowest BCUT2D eigenvalue weighted by molar-refractivity contribution is 0.0595. The Kier molecular flexibility index (Phi) is 2.67. The Balaban J connectivity index is 2.40. The molecule has 0 aromatic carbocycles. The summed E-state index contributed by atoms with van der Waals surface area (Å²) in [5.74, 6) is 0.151. The summed E-state index contributed by atoms with van der Waals surface area (Å²) in [7, 11) is 1.28. The van der Waals surface area contributed by atoms with Gasteiger partial charge < -0.3 is 9.26 Å². The molecular formula is C9H10N4O3. The van der Waals surface area contributed by atoms with E-state index >= 15 is 0 Å². The second kappa shape index (κ2) is 4.13. The van der Waals surface area contributed by atoms with Gasteiger partial charge in [-0.25, -0.2) is 4.79 Å². The smallest absolute Gasteiger partial charge is 0.361 e. The number of hydrogen-bond donors (Lipinski definition) is 1. The summed E-state index contributed by atoms with van der Waals surface area (Å²) < 4.78 is 9.59. The molecule has 0 fully saturated rings. The van der Waals surface area contributed by atoms with E-state index in [0.717, 1.165) is 6.42 Å². The van der Waals surface area contributed by atoms with Crippen LogP contribution in [0.2, 0.25) is 0 Å². The zero-order valence-corrected chi connectivity index (χ0v) is 8.85. The first-order chi connectivity index (χ1) is 7.76. The number of esters is 1. The summed E-state index contributed by atoms with van der Waals surface area (Å²) in [5, 5.41) is 13.7. The molecule has 1 N–H and O–H groups in total. The summed E-state index contributed by atoms with van der Waals surface area (Å²) >= 11 is 0. The van der Waals surface area contributed by atoms with Gasteiger partial charge >= 0.3 is 5.97 Å². The van der Waals surface area contributed by atoms with E-state index in [1.807, 2.05) is 6.92 Å². The number of ether oxygens (including phenoxy) is 1. The van der Waals surface area contributed by atoms with E-state index in [1.54, 1.807) is 6.07 Å². The molecule has 0 unspecified atom stereocenters. The number of hydrogen-bond acceptors (Lipinski definition) is 6. The van der Waals surface area contributed by atoms with E-state index in [2.05, 4.69) is 25.3 Å². The van der Waals surface area contributed by atoms with Crippen molar-refractivity contribution in [3.63, 3.8) is 0 Å². The van der Waals surface area contributed by atoms with E-state index in [-0.39, 0.29) is 5.69 Å². The van der Waals surface area contributed by atoms with Gasteiger partial charge in [0.15, 0.2) is 5.69 Å². The molecule has 0 bridgehead atoms. The maximum Gasteiger partial charge on any atom is 0.361 e. The fraction of sp³-hybridized carbons (Fsp3) is 0.333. The first-order valence-electron chi connectivity index (χ1n) is 4.71. The van der Waals surface area contributed by atoms with Crippen LogP contribution >= 0.6 is 0 Å². The summed E-state index contributed by atoms with van der Waals surface area (Å²) in [6.07, 6.45) is 0.721. The predicted octanol–water partition coefficient (Wildman–Crippen LogP) is 0.809. The average Bonchev–Trinajstić information content (AvgIpc) is 2.95. The van der Waals surface area contributed by atoms with Crippen molar-refractivity contribution in [1.82, 2.24) is 20.6 Å². The number of aromatic amines is 1. The normalized spacial score (nSPS) is 10.4. The highest BCUT2D eigenvalue weighted by molar-refractivity contribution is 5.93. The highest BCUT2D eigenvalue weighted by Gasteiger charge is 2.20. The zero-order chi connectivity index (χ0) is 11.5. The number of carbonyl (C=O) groups is 1. The van der Waals surface area contributed by atoms with E-state index in [0.29, 0.717) is 17.1 Å². The van der Waals surface area contributed by atoms with E-state index in [1.165, 1.54) is 7.11 Å². The van der Waals surface area contributed by atoms with Gasteiger partial charge in [-0.1, -0.05) is 12.1 Å². The number of nitrogens with zero attached hydrogens (tertiary/aromatic N) is 3.